The molecule has 0 aliphatic rings. The van der Waals surface area contributed by atoms with Gasteiger partial charge in [-0.05, 0) is 25.5 Å². The third-order valence-corrected chi connectivity index (χ3v) is 4.75. The minimum atomic E-state index is -0.0230. The van der Waals surface area contributed by atoms with Crippen LogP contribution >= 0.6 is 23.1 Å². The molecule has 0 fully saturated rings. The summed E-state index contributed by atoms with van der Waals surface area (Å²) in [6, 6.07) is 7.95. The summed E-state index contributed by atoms with van der Waals surface area (Å²) in [4.78, 5) is 16.1. The van der Waals surface area contributed by atoms with E-state index in [9.17, 15) is 4.79 Å². The van der Waals surface area contributed by atoms with Gasteiger partial charge in [0.15, 0.2) is 4.34 Å². The number of benzene rings is 1. The molecule has 0 aliphatic carbocycles. The molecule has 4 nitrogen and oxygen atoms in total. The van der Waals surface area contributed by atoms with E-state index in [0.717, 1.165) is 14.6 Å². The number of thiazole rings is 1. The summed E-state index contributed by atoms with van der Waals surface area (Å²) in [5.41, 5.74) is 0.976. The molecule has 1 amide bonds. The SMILES string of the molecule is CC(CCO)NC(=O)CSc1nc2ccccc2s1. The Labute approximate surface area is 120 Å². The van der Waals surface area contributed by atoms with Gasteiger partial charge in [-0.2, -0.15) is 0 Å². The maximum absolute atomic E-state index is 11.7. The number of fused-ring (bicyclic) bond motifs is 1. The number of nitrogens with one attached hydrogen (secondary N) is 1. The highest BCUT2D eigenvalue weighted by Gasteiger charge is 2.09. The van der Waals surface area contributed by atoms with E-state index in [1.54, 1.807) is 11.3 Å². The number of aromatic nitrogens is 1. The minimum Gasteiger partial charge on any atom is -0.396 e. The van der Waals surface area contributed by atoms with Crippen molar-refractivity contribution in [2.45, 2.75) is 23.7 Å². The molecule has 0 saturated carbocycles. The molecule has 0 bridgehead atoms. The second-order valence-corrected chi connectivity index (χ2v) is 6.47. The number of hydrogen-bond acceptors (Lipinski definition) is 5. The van der Waals surface area contributed by atoms with Crippen LogP contribution in [0.2, 0.25) is 0 Å². The van der Waals surface area contributed by atoms with Crippen molar-refractivity contribution in [1.29, 1.82) is 0 Å². The zero-order valence-corrected chi connectivity index (χ0v) is 12.3. The van der Waals surface area contributed by atoms with Crippen molar-refractivity contribution in [2.24, 2.45) is 0 Å². The van der Waals surface area contributed by atoms with Crippen molar-refractivity contribution in [3.63, 3.8) is 0 Å². The van der Waals surface area contributed by atoms with Crippen molar-refractivity contribution in [3.8, 4) is 0 Å². The Bertz CT molecular complexity index is 523. The highest BCUT2D eigenvalue weighted by molar-refractivity contribution is 8.01. The Morgan fingerprint density at radius 1 is 1.53 bits per heavy atom. The molecule has 0 aliphatic heterocycles. The van der Waals surface area contributed by atoms with Gasteiger partial charge in [-0.15, -0.1) is 11.3 Å². The van der Waals surface area contributed by atoms with Gasteiger partial charge in [0.25, 0.3) is 0 Å². The maximum Gasteiger partial charge on any atom is 0.230 e. The average molecular weight is 296 g/mol. The van der Waals surface area contributed by atoms with E-state index in [2.05, 4.69) is 10.3 Å². The molecule has 0 saturated heterocycles. The van der Waals surface area contributed by atoms with Crippen molar-refractivity contribution >= 4 is 39.2 Å². The first-order chi connectivity index (χ1) is 9.19. The van der Waals surface area contributed by atoms with Crippen LogP contribution in [0.1, 0.15) is 13.3 Å². The first kappa shape index (κ1) is 14.3. The molecule has 19 heavy (non-hydrogen) atoms. The maximum atomic E-state index is 11.7. The van der Waals surface area contributed by atoms with E-state index in [1.807, 2.05) is 31.2 Å². The van der Waals surface area contributed by atoms with E-state index < -0.39 is 0 Å². The normalized spacial score (nSPS) is 12.5. The molecule has 0 spiro atoms. The van der Waals surface area contributed by atoms with Gasteiger partial charge in [0, 0.05) is 12.6 Å². The number of thioether (sulfide) groups is 1. The smallest absolute Gasteiger partial charge is 0.230 e. The molecule has 1 unspecified atom stereocenters. The molecule has 2 aromatic rings. The summed E-state index contributed by atoms with van der Waals surface area (Å²) in [6.07, 6.45) is 0.581. The molecule has 102 valence electrons. The quantitative estimate of drug-likeness (QED) is 0.803. The number of carbonyl (C=O) groups is 1. The predicted molar refractivity (Wildman–Crippen MR) is 79.7 cm³/mol. The number of nitrogens with zero attached hydrogens (tertiary/aromatic N) is 1. The number of aliphatic hydroxyl groups is 1. The molecule has 0 radical (unpaired) electrons. The van der Waals surface area contributed by atoms with Gasteiger partial charge in [-0.1, -0.05) is 23.9 Å². The highest BCUT2D eigenvalue weighted by Crippen LogP contribution is 2.28. The highest BCUT2D eigenvalue weighted by atomic mass is 32.2. The van der Waals surface area contributed by atoms with Crippen molar-refractivity contribution in [1.82, 2.24) is 10.3 Å². The van der Waals surface area contributed by atoms with Crippen LogP contribution in [0.3, 0.4) is 0 Å². The first-order valence-electron chi connectivity index (χ1n) is 6.07. The monoisotopic (exact) mass is 296 g/mol. The molecular formula is C13H16N2O2S2. The third kappa shape index (κ3) is 4.19. The molecular weight excluding hydrogens is 280 g/mol. The summed E-state index contributed by atoms with van der Waals surface area (Å²) in [5, 5.41) is 11.6. The van der Waals surface area contributed by atoms with Crippen LogP contribution in [0.25, 0.3) is 10.2 Å². The molecule has 1 heterocycles. The van der Waals surface area contributed by atoms with Crippen LogP contribution in [-0.4, -0.2) is 34.4 Å². The fourth-order valence-corrected chi connectivity index (χ4v) is 3.50. The van der Waals surface area contributed by atoms with Gasteiger partial charge < -0.3 is 10.4 Å². The lowest BCUT2D eigenvalue weighted by molar-refractivity contribution is -0.119. The standard InChI is InChI=1S/C13H16N2O2S2/c1-9(6-7-16)14-12(17)8-18-13-15-10-4-2-3-5-11(10)19-13/h2-5,9,16H,6-8H2,1H3,(H,14,17). The number of para-hydroxylation sites is 1. The lowest BCUT2D eigenvalue weighted by Crippen LogP contribution is -2.34. The first-order valence-corrected chi connectivity index (χ1v) is 7.88. The van der Waals surface area contributed by atoms with Crippen LogP contribution in [-0.2, 0) is 4.79 Å². The minimum absolute atomic E-state index is 0.00784. The van der Waals surface area contributed by atoms with Crippen molar-refractivity contribution < 1.29 is 9.90 Å². The third-order valence-electron chi connectivity index (χ3n) is 2.57. The lowest BCUT2D eigenvalue weighted by Gasteiger charge is -2.11. The molecule has 2 rings (SSSR count). The number of hydrogen-bond donors (Lipinski definition) is 2. The van der Waals surface area contributed by atoms with Crippen LogP contribution < -0.4 is 5.32 Å². The van der Waals surface area contributed by atoms with E-state index in [1.165, 1.54) is 11.8 Å². The second-order valence-electron chi connectivity index (χ2n) is 4.22. The second kappa shape index (κ2) is 6.88. The zero-order valence-electron chi connectivity index (χ0n) is 10.6. The topological polar surface area (TPSA) is 62.2 Å². The fraction of sp³-hybridized carbons (Fsp3) is 0.385. The lowest BCUT2D eigenvalue weighted by atomic mass is 10.2. The average Bonchev–Trinajstić information content (AvgIpc) is 2.79. The Kier molecular flexibility index (Phi) is 5.18. The molecule has 1 atom stereocenters. The van der Waals surface area contributed by atoms with E-state index in [0.29, 0.717) is 12.2 Å². The number of rotatable bonds is 6. The van der Waals surface area contributed by atoms with Crippen LogP contribution in [0, 0.1) is 0 Å². The fourth-order valence-electron chi connectivity index (χ4n) is 1.62. The van der Waals surface area contributed by atoms with Gasteiger partial charge in [0.1, 0.15) is 0 Å². The summed E-state index contributed by atoms with van der Waals surface area (Å²) < 4.78 is 2.05. The molecule has 6 heteroatoms. The van der Waals surface area contributed by atoms with Gasteiger partial charge in [0.05, 0.1) is 16.0 Å². The molecule has 2 N–H and O–H groups in total. The summed E-state index contributed by atoms with van der Waals surface area (Å²) in [7, 11) is 0. The number of aliphatic hydroxyl groups excluding tert-OH is 1. The Hall–Kier alpha value is -1.11. The van der Waals surface area contributed by atoms with Crippen LogP contribution in [0.5, 0.6) is 0 Å². The largest absolute Gasteiger partial charge is 0.396 e. The van der Waals surface area contributed by atoms with Gasteiger partial charge >= 0.3 is 0 Å². The summed E-state index contributed by atoms with van der Waals surface area (Å²) in [5.74, 6) is 0.334. The Morgan fingerprint density at radius 2 is 2.32 bits per heavy atom. The van der Waals surface area contributed by atoms with E-state index in [-0.39, 0.29) is 18.6 Å². The van der Waals surface area contributed by atoms with E-state index in [4.69, 9.17) is 5.11 Å². The Balaban J connectivity index is 1.86. The van der Waals surface area contributed by atoms with Crippen LogP contribution in [0.4, 0.5) is 0 Å². The van der Waals surface area contributed by atoms with Crippen molar-refractivity contribution in [3.05, 3.63) is 24.3 Å². The summed E-state index contributed by atoms with van der Waals surface area (Å²) >= 11 is 3.05. The zero-order chi connectivity index (χ0) is 13.7. The predicted octanol–water partition coefficient (Wildman–Crippen LogP) is 2.28. The number of amides is 1. The molecule has 1 aromatic carbocycles. The van der Waals surface area contributed by atoms with Gasteiger partial charge in [-0.25, -0.2) is 4.98 Å². The van der Waals surface area contributed by atoms with Crippen molar-refractivity contribution in [2.75, 3.05) is 12.4 Å². The molecule has 1 aromatic heterocycles. The number of carbonyl (C=O) groups excluding carboxylic acids is 1. The van der Waals surface area contributed by atoms with E-state index >= 15 is 0 Å². The van der Waals surface area contributed by atoms with Gasteiger partial charge in [-0.3, -0.25) is 4.79 Å². The van der Waals surface area contributed by atoms with Crippen LogP contribution in [0.15, 0.2) is 28.6 Å². The summed E-state index contributed by atoms with van der Waals surface area (Å²) in [6.45, 7) is 1.98. The Morgan fingerprint density at radius 3 is 3.05 bits per heavy atom. The van der Waals surface area contributed by atoms with Gasteiger partial charge in [0.2, 0.25) is 5.91 Å².